The molecule has 0 aliphatic carbocycles. The molecule has 1 fully saturated rings. The highest BCUT2D eigenvalue weighted by molar-refractivity contribution is 5.66. The molecule has 0 bridgehead atoms. The lowest BCUT2D eigenvalue weighted by Crippen LogP contribution is -2.28. The first kappa shape index (κ1) is 23.3. The molecule has 1 aromatic heterocycles. The highest BCUT2D eigenvalue weighted by Crippen LogP contribution is 2.39. The van der Waals surface area contributed by atoms with Crippen molar-refractivity contribution in [3.63, 3.8) is 0 Å². The van der Waals surface area contributed by atoms with Gasteiger partial charge < -0.3 is 14.4 Å². The van der Waals surface area contributed by atoms with Crippen LogP contribution in [-0.4, -0.2) is 39.4 Å². The fraction of sp³-hybridized carbons (Fsp3) is 0.261. The van der Waals surface area contributed by atoms with E-state index in [0.717, 1.165) is 11.0 Å². The number of alkyl halides is 3. The molecule has 1 N–H and O–H groups in total. The van der Waals surface area contributed by atoms with Crippen molar-refractivity contribution in [3.8, 4) is 17.1 Å². The molecular formula is C23H19F4N3O4. The Bertz CT molecular complexity index is 1190. The summed E-state index contributed by atoms with van der Waals surface area (Å²) in [5.74, 6) is -0.814. The maximum absolute atomic E-state index is 13.7. The van der Waals surface area contributed by atoms with Gasteiger partial charge >= 0.3 is 12.3 Å². The molecule has 0 unspecified atom stereocenters. The van der Waals surface area contributed by atoms with Crippen LogP contribution in [-0.2, 0) is 6.18 Å². The molecule has 2 heterocycles. The van der Waals surface area contributed by atoms with E-state index in [1.54, 1.807) is 6.08 Å². The van der Waals surface area contributed by atoms with Gasteiger partial charge in [0.05, 0.1) is 5.56 Å². The van der Waals surface area contributed by atoms with Gasteiger partial charge in [0, 0.05) is 12.1 Å². The highest BCUT2D eigenvalue weighted by atomic mass is 19.4. The lowest BCUT2D eigenvalue weighted by molar-refractivity contribution is -0.138. The van der Waals surface area contributed by atoms with E-state index in [2.05, 4.69) is 10.1 Å². The maximum atomic E-state index is 13.7. The number of nitrogens with zero attached hydrogens (tertiary/aromatic N) is 3. The number of aromatic nitrogens is 2. The van der Waals surface area contributed by atoms with Gasteiger partial charge in [-0.15, -0.1) is 0 Å². The van der Waals surface area contributed by atoms with E-state index in [1.165, 1.54) is 42.5 Å². The van der Waals surface area contributed by atoms with E-state index in [4.69, 9.17) is 9.26 Å². The molecule has 1 saturated heterocycles. The van der Waals surface area contributed by atoms with Crippen molar-refractivity contribution in [1.29, 1.82) is 0 Å². The average Bonchev–Trinajstić information content (AvgIpc) is 3.47. The molecule has 2 aromatic carbocycles. The van der Waals surface area contributed by atoms with Gasteiger partial charge in [0.1, 0.15) is 24.2 Å². The Morgan fingerprint density at radius 2 is 2.00 bits per heavy atom. The monoisotopic (exact) mass is 477 g/mol. The van der Waals surface area contributed by atoms with E-state index < -0.39 is 23.9 Å². The summed E-state index contributed by atoms with van der Waals surface area (Å²) in [6.07, 6.45) is -1.61. The van der Waals surface area contributed by atoms with Crippen LogP contribution in [0.3, 0.4) is 0 Å². The number of hydrogen-bond acceptors (Lipinski definition) is 5. The molecule has 0 saturated carbocycles. The zero-order valence-corrected chi connectivity index (χ0v) is 17.6. The Labute approximate surface area is 191 Å². The van der Waals surface area contributed by atoms with Gasteiger partial charge in [-0.3, -0.25) is 4.90 Å². The van der Waals surface area contributed by atoms with E-state index in [9.17, 15) is 27.5 Å². The average molecular weight is 477 g/mol. The number of halogens is 4. The molecule has 1 atom stereocenters. The van der Waals surface area contributed by atoms with Gasteiger partial charge in [0.2, 0.25) is 11.7 Å². The summed E-state index contributed by atoms with van der Waals surface area (Å²) in [4.78, 5) is 16.6. The summed E-state index contributed by atoms with van der Waals surface area (Å²) >= 11 is 0. The molecule has 1 aliphatic heterocycles. The van der Waals surface area contributed by atoms with Crippen LogP contribution in [0.1, 0.15) is 35.9 Å². The Morgan fingerprint density at radius 3 is 2.71 bits per heavy atom. The van der Waals surface area contributed by atoms with Crippen LogP contribution in [0.25, 0.3) is 17.5 Å². The first-order valence-electron chi connectivity index (χ1n) is 10.3. The molecule has 3 aromatic rings. The van der Waals surface area contributed by atoms with Crippen LogP contribution in [0.15, 0.2) is 53.1 Å². The van der Waals surface area contributed by atoms with Gasteiger partial charge in [-0.2, -0.15) is 18.2 Å². The van der Waals surface area contributed by atoms with E-state index in [0.29, 0.717) is 24.9 Å². The minimum absolute atomic E-state index is 0.0368. The lowest BCUT2D eigenvalue weighted by Gasteiger charge is -2.17. The Morgan fingerprint density at radius 1 is 1.24 bits per heavy atom. The summed E-state index contributed by atoms with van der Waals surface area (Å²) in [6.45, 7) is 0.177. The van der Waals surface area contributed by atoms with Crippen LogP contribution in [0.4, 0.5) is 22.4 Å². The predicted molar refractivity (Wildman–Crippen MR) is 112 cm³/mol. The Hall–Kier alpha value is -3.89. The van der Waals surface area contributed by atoms with Gasteiger partial charge in [0.15, 0.2) is 0 Å². The number of amides is 1. The van der Waals surface area contributed by atoms with Crippen molar-refractivity contribution in [1.82, 2.24) is 15.0 Å². The van der Waals surface area contributed by atoms with Crippen LogP contribution >= 0.6 is 0 Å². The van der Waals surface area contributed by atoms with Crippen LogP contribution in [0.2, 0.25) is 0 Å². The summed E-state index contributed by atoms with van der Waals surface area (Å²) in [5, 5.41) is 13.0. The fourth-order valence-electron chi connectivity index (χ4n) is 3.65. The third-order valence-corrected chi connectivity index (χ3v) is 5.28. The molecule has 0 spiro atoms. The molecule has 7 nitrogen and oxygen atoms in total. The van der Waals surface area contributed by atoms with Gasteiger partial charge in [-0.1, -0.05) is 23.4 Å². The molecule has 178 valence electrons. The standard InChI is InChI=1S/C23H19F4N3O4/c24-16-8-5-14(6-9-16)3-2-12-33-19-10-7-15(13-17(19)23(25,26)27)20-28-21(34-29-20)18-4-1-11-30(18)22(31)32/h2-3,5-10,13,18H,1,4,11-12H2,(H,31,32)/b3-2+/t18-/m0/s1. The molecule has 0 radical (unpaired) electrons. The van der Waals surface area contributed by atoms with Gasteiger partial charge in [-0.25, -0.2) is 9.18 Å². The minimum Gasteiger partial charge on any atom is -0.489 e. The number of ether oxygens (including phenoxy) is 1. The summed E-state index contributed by atoms with van der Waals surface area (Å²) in [7, 11) is 0. The Kier molecular flexibility index (Phi) is 6.53. The second kappa shape index (κ2) is 9.54. The highest BCUT2D eigenvalue weighted by Gasteiger charge is 2.36. The molecule has 1 aliphatic rings. The first-order chi connectivity index (χ1) is 16.2. The van der Waals surface area contributed by atoms with Crippen LogP contribution < -0.4 is 4.74 Å². The lowest BCUT2D eigenvalue weighted by atomic mass is 10.1. The third kappa shape index (κ3) is 5.19. The van der Waals surface area contributed by atoms with E-state index in [-0.39, 0.29) is 35.5 Å². The van der Waals surface area contributed by atoms with Gasteiger partial charge in [0.25, 0.3) is 0 Å². The second-order valence-electron chi connectivity index (χ2n) is 7.56. The minimum atomic E-state index is -4.70. The quantitative estimate of drug-likeness (QED) is 0.452. The van der Waals surface area contributed by atoms with Crippen molar-refractivity contribution in [3.05, 3.63) is 71.4 Å². The van der Waals surface area contributed by atoms with E-state index >= 15 is 0 Å². The first-order valence-corrected chi connectivity index (χ1v) is 10.3. The van der Waals surface area contributed by atoms with Crippen molar-refractivity contribution >= 4 is 12.2 Å². The Balaban J connectivity index is 1.51. The normalized spacial score (nSPS) is 16.4. The zero-order chi connectivity index (χ0) is 24.3. The van der Waals surface area contributed by atoms with Gasteiger partial charge in [-0.05, 0) is 54.8 Å². The number of hydrogen-bond donors (Lipinski definition) is 1. The van der Waals surface area contributed by atoms with Crippen molar-refractivity contribution in [2.24, 2.45) is 0 Å². The summed E-state index contributed by atoms with van der Waals surface area (Å²) < 4.78 is 64.4. The molecular weight excluding hydrogens is 458 g/mol. The largest absolute Gasteiger partial charge is 0.489 e. The molecule has 34 heavy (non-hydrogen) atoms. The summed E-state index contributed by atoms with van der Waals surface area (Å²) in [6, 6.07) is 8.37. The smallest absolute Gasteiger partial charge is 0.419 e. The fourth-order valence-corrected chi connectivity index (χ4v) is 3.65. The maximum Gasteiger partial charge on any atom is 0.419 e. The molecule has 1 amide bonds. The third-order valence-electron chi connectivity index (χ3n) is 5.28. The number of carbonyl (C=O) groups is 1. The zero-order valence-electron chi connectivity index (χ0n) is 17.6. The second-order valence-corrected chi connectivity index (χ2v) is 7.56. The number of carboxylic acid groups (broad SMARTS) is 1. The number of rotatable bonds is 6. The topological polar surface area (TPSA) is 88.7 Å². The van der Waals surface area contributed by atoms with Crippen LogP contribution in [0.5, 0.6) is 5.75 Å². The van der Waals surface area contributed by atoms with Crippen LogP contribution in [0, 0.1) is 5.82 Å². The van der Waals surface area contributed by atoms with Crippen molar-refractivity contribution in [2.45, 2.75) is 25.1 Å². The SMILES string of the molecule is O=C(O)N1CCC[C@H]1c1nc(-c2ccc(OC/C=C/c3ccc(F)cc3)c(C(F)(F)F)c2)no1. The van der Waals surface area contributed by atoms with E-state index in [1.807, 2.05) is 0 Å². The predicted octanol–water partition coefficient (Wildman–Crippen LogP) is 5.80. The van der Waals surface area contributed by atoms with Crippen molar-refractivity contribution < 1.29 is 36.7 Å². The number of benzene rings is 2. The number of likely N-dealkylation sites (tertiary alicyclic amines) is 1. The summed E-state index contributed by atoms with van der Waals surface area (Å²) in [5.41, 5.74) is -0.288. The molecule has 4 rings (SSSR count). The molecule has 11 heteroatoms. The van der Waals surface area contributed by atoms with Crippen molar-refractivity contribution in [2.75, 3.05) is 13.2 Å².